The van der Waals surface area contributed by atoms with Gasteiger partial charge in [-0.1, -0.05) is 22.0 Å². The van der Waals surface area contributed by atoms with E-state index in [1.807, 2.05) is 42.5 Å². The van der Waals surface area contributed by atoms with Gasteiger partial charge in [0, 0.05) is 16.9 Å². The van der Waals surface area contributed by atoms with E-state index >= 15 is 0 Å². The molecule has 16 heavy (non-hydrogen) atoms. The van der Waals surface area contributed by atoms with Crippen LogP contribution in [0.2, 0.25) is 0 Å². The molecule has 0 saturated heterocycles. The molecule has 0 N–H and O–H groups in total. The monoisotopic (exact) mass is 275 g/mol. The van der Waals surface area contributed by atoms with E-state index < -0.39 is 0 Å². The fourth-order valence-corrected chi connectivity index (χ4v) is 1.44. The molecular weight excluding hydrogens is 266 g/mol. The Labute approximate surface area is 103 Å². The zero-order valence-corrected chi connectivity index (χ0v) is 10.1. The summed E-state index contributed by atoms with van der Waals surface area (Å²) < 4.78 is 6.47. The molecule has 0 spiro atoms. The average Bonchev–Trinajstić information content (AvgIpc) is 2.33. The Hall–Kier alpha value is -1.61. The Morgan fingerprint density at radius 3 is 2.62 bits per heavy atom. The highest BCUT2D eigenvalue weighted by molar-refractivity contribution is 9.10. The summed E-state index contributed by atoms with van der Waals surface area (Å²) in [6.45, 7) is 0. The number of ether oxygens (including phenoxy) is 1. The van der Waals surface area contributed by atoms with Gasteiger partial charge in [-0.15, -0.1) is 0 Å². The lowest BCUT2D eigenvalue weighted by atomic mass is 10.3. The van der Waals surface area contributed by atoms with Gasteiger partial charge in [0.05, 0.1) is 6.26 Å². The van der Waals surface area contributed by atoms with Crippen molar-refractivity contribution in [3.63, 3.8) is 0 Å². The molecule has 1 aromatic heterocycles. The summed E-state index contributed by atoms with van der Waals surface area (Å²) in [4.78, 5) is 4.01. The first-order valence-electron chi connectivity index (χ1n) is 4.83. The molecular formula is C13H10BrNO. The van der Waals surface area contributed by atoms with Crippen molar-refractivity contribution >= 4 is 22.0 Å². The molecule has 2 rings (SSSR count). The minimum atomic E-state index is 0.809. The van der Waals surface area contributed by atoms with Crippen molar-refractivity contribution in [3.05, 3.63) is 65.1 Å². The minimum Gasteiger partial charge on any atom is -0.465 e. The first-order valence-corrected chi connectivity index (χ1v) is 5.63. The molecule has 0 bridgehead atoms. The van der Waals surface area contributed by atoms with Crippen molar-refractivity contribution in [3.8, 4) is 5.75 Å². The summed E-state index contributed by atoms with van der Waals surface area (Å²) in [5.74, 6) is 0.809. The van der Waals surface area contributed by atoms with Gasteiger partial charge in [0.25, 0.3) is 0 Å². The highest BCUT2D eigenvalue weighted by Crippen LogP contribution is 2.16. The number of pyridine rings is 1. The van der Waals surface area contributed by atoms with Crippen LogP contribution in [0.4, 0.5) is 0 Å². The third kappa shape index (κ3) is 3.21. The Bertz CT molecular complexity index is 465. The van der Waals surface area contributed by atoms with E-state index in [9.17, 15) is 0 Å². The van der Waals surface area contributed by atoms with E-state index in [1.165, 1.54) is 0 Å². The summed E-state index contributed by atoms with van der Waals surface area (Å²) in [6.07, 6.45) is 7.05. The zero-order chi connectivity index (χ0) is 11.2. The van der Waals surface area contributed by atoms with Gasteiger partial charge in [-0.2, -0.15) is 0 Å². The van der Waals surface area contributed by atoms with Crippen LogP contribution in [0.5, 0.6) is 5.75 Å². The van der Waals surface area contributed by atoms with E-state index in [4.69, 9.17) is 4.74 Å². The van der Waals surface area contributed by atoms with Crippen LogP contribution < -0.4 is 4.74 Å². The lowest BCUT2D eigenvalue weighted by molar-refractivity contribution is 0.485. The van der Waals surface area contributed by atoms with Gasteiger partial charge in [0.2, 0.25) is 0 Å². The molecule has 3 heteroatoms. The molecule has 0 unspecified atom stereocenters. The molecule has 2 aromatic rings. The van der Waals surface area contributed by atoms with Crippen molar-refractivity contribution in [2.75, 3.05) is 0 Å². The standard InChI is InChI=1S/C13H10BrNO/c14-12-3-5-13(6-4-12)16-9-7-11-2-1-8-15-10-11/h1-10H/b9-7+. The van der Waals surface area contributed by atoms with Crippen LogP contribution >= 0.6 is 15.9 Å². The topological polar surface area (TPSA) is 22.1 Å². The van der Waals surface area contributed by atoms with Crippen molar-refractivity contribution in [2.24, 2.45) is 0 Å². The molecule has 1 aromatic carbocycles. The van der Waals surface area contributed by atoms with Gasteiger partial charge in [-0.3, -0.25) is 4.98 Å². The zero-order valence-electron chi connectivity index (χ0n) is 8.51. The SMILES string of the molecule is Brc1ccc(O/C=C/c2cccnc2)cc1. The molecule has 0 aliphatic carbocycles. The van der Waals surface area contributed by atoms with Crippen LogP contribution in [0.15, 0.2) is 59.5 Å². The van der Waals surface area contributed by atoms with Gasteiger partial charge in [-0.25, -0.2) is 0 Å². The number of nitrogens with zero attached hydrogens (tertiary/aromatic N) is 1. The van der Waals surface area contributed by atoms with Gasteiger partial charge < -0.3 is 4.74 Å². The minimum absolute atomic E-state index is 0.809. The fourth-order valence-electron chi connectivity index (χ4n) is 1.18. The second-order valence-corrected chi connectivity index (χ2v) is 4.08. The van der Waals surface area contributed by atoms with Crippen LogP contribution in [0.25, 0.3) is 6.08 Å². The number of hydrogen-bond donors (Lipinski definition) is 0. The molecule has 1 heterocycles. The number of benzene rings is 1. The number of aromatic nitrogens is 1. The third-order valence-corrected chi connectivity index (χ3v) is 2.49. The number of hydrogen-bond acceptors (Lipinski definition) is 2. The molecule has 2 nitrogen and oxygen atoms in total. The summed E-state index contributed by atoms with van der Waals surface area (Å²) in [7, 11) is 0. The Morgan fingerprint density at radius 1 is 1.12 bits per heavy atom. The maximum atomic E-state index is 5.44. The van der Waals surface area contributed by atoms with Gasteiger partial charge in [0.15, 0.2) is 0 Å². The summed E-state index contributed by atoms with van der Waals surface area (Å²) >= 11 is 3.37. The van der Waals surface area contributed by atoms with Crippen molar-refractivity contribution in [1.29, 1.82) is 0 Å². The molecule has 0 aliphatic heterocycles. The second kappa shape index (κ2) is 5.47. The second-order valence-electron chi connectivity index (χ2n) is 3.16. The van der Waals surface area contributed by atoms with Gasteiger partial charge in [-0.05, 0) is 42.0 Å². The first-order chi connectivity index (χ1) is 7.84. The summed E-state index contributed by atoms with van der Waals surface area (Å²) in [6, 6.07) is 11.5. The van der Waals surface area contributed by atoms with Crippen molar-refractivity contribution in [2.45, 2.75) is 0 Å². The molecule has 0 saturated carbocycles. The van der Waals surface area contributed by atoms with Crippen LogP contribution in [0, 0.1) is 0 Å². The molecule has 0 fully saturated rings. The number of rotatable bonds is 3. The van der Waals surface area contributed by atoms with Crippen LogP contribution in [0.1, 0.15) is 5.56 Å². The predicted molar refractivity (Wildman–Crippen MR) is 68.0 cm³/mol. The lowest BCUT2D eigenvalue weighted by Gasteiger charge is -1.99. The molecule has 0 aliphatic rings. The van der Waals surface area contributed by atoms with E-state index in [2.05, 4.69) is 20.9 Å². The van der Waals surface area contributed by atoms with E-state index in [-0.39, 0.29) is 0 Å². The Morgan fingerprint density at radius 2 is 1.94 bits per heavy atom. The molecule has 0 atom stereocenters. The van der Waals surface area contributed by atoms with E-state index in [0.29, 0.717) is 0 Å². The largest absolute Gasteiger partial charge is 0.465 e. The van der Waals surface area contributed by atoms with Crippen molar-refractivity contribution < 1.29 is 4.74 Å². The van der Waals surface area contributed by atoms with E-state index in [0.717, 1.165) is 15.8 Å². The maximum absolute atomic E-state index is 5.44. The lowest BCUT2D eigenvalue weighted by Crippen LogP contribution is -1.81. The van der Waals surface area contributed by atoms with Gasteiger partial charge in [0.1, 0.15) is 5.75 Å². The maximum Gasteiger partial charge on any atom is 0.126 e. The third-order valence-electron chi connectivity index (χ3n) is 1.96. The van der Waals surface area contributed by atoms with Crippen LogP contribution in [-0.2, 0) is 0 Å². The highest BCUT2D eigenvalue weighted by Gasteiger charge is 1.90. The van der Waals surface area contributed by atoms with E-state index in [1.54, 1.807) is 18.7 Å². The Balaban J connectivity index is 1.97. The quantitative estimate of drug-likeness (QED) is 0.793. The Kier molecular flexibility index (Phi) is 3.72. The average molecular weight is 276 g/mol. The van der Waals surface area contributed by atoms with Crippen LogP contribution in [-0.4, -0.2) is 4.98 Å². The summed E-state index contributed by atoms with van der Waals surface area (Å²) in [5.41, 5.74) is 1.01. The summed E-state index contributed by atoms with van der Waals surface area (Å²) in [5, 5.41) is 0. The normalized spacial score (nSPS) is 10.6. The van der Waals surface area contributed by atoms with Crippen molar-refractivity contribution in [1.82, 2.24) is 4.98 Å². The number of halogens is 1. The predicted octanol–water partition coefficient (Wildman–Crippen LogP) is 3.89. The smallest absolute Gasteiger partial charge is 0.126 e. The molecule has 0 radical (unpaired) electrons. The molecule has 0 amide bonds. The highest BCUT2D eigenvalue weighted by atomic mass is 79.9. The fraction of sp³-hybridized carbons (Fsp3) is 0. The molecule has 80 valence electrons. The van der Waals surface area contributed by atoms with Crippen LogP contribution in [0.3, 0.4) is 0 Å². The van der Waals surface area contributed by atoms with Gasteiger partial charge >= 0.3 is 0 Å². The first kappa shape index (κ1) is 10.9.